The second-order valence-electron chi connectivity index (χ2n) is 12.4. The minimum absolute atomic E-state index is 0.231. The van der Waals surface area contributed by atoms with Crippen LogP contribution in [0.5, 0.6) is 0 Å². The number of hydrogen-bond acceptors (Lipinski definition) is 4. The number of aliphatic hydroxyl groups is 3. The Kier molecular flexibility index (Phi) is 6.95. The Bertz CT molecular complexity index is 1080. The molecule has 4 fully saturated rings. The molecule has 4 aliphatic carbocycles. The van der Waals surface area contributed by atoms with Gasteiger partial charge in [0.1, 0.15) is 5.82 Å². The number of nitrogens with one attached hydrogen (secondary N) is 1. The Balaban J connectivity index is 1.29. The highest BCUT2D eigenvalue weighted by molar-refractivity contribution is 5.38. The SMILES string of the molecule is C=C1/C(=C\C=C2/CCC[C@]3(C)[C@@H]([C@H](C)/C=C/[C@@H](O)C4(c5ncc(C)[nH]5)CC4)CC[C@@H]23)C[C@@H](O)C[C@@H]1O. The molecule has 4 N–H and O–H groups in total. The van der Waals surface area contributed by atoms with Gasteiger partial charge in [0.25, 0.3) is 0 Å². The molecule has 0 aliphatic heterocycles. The zero-order valence-corrected chi connectivity index (χ0v) is 22.2. The average molecular weight is 493 g/mol. The summed E-state index contributed by atoms with van der Waals surface area (Å²) in [6.07, 6.45) is 17.9. The van der Waals surface area contributed by atoms with E-state index in [0.717, 1.165) is 41.9 Å². The number of imidazole rings is 1. The average Bonchev–Trinajstić information content (AvgIpc) is 3.41. The van der Waals surface area contributed by atoms with E-state index in [1.165, 1.54) is 31.3 Å². The van der Waals surface area contributed by atoms with Crippen molar-refractivity contribution >= 4 is 0 Å². The number of hydrogen-bond donors (Lipinski definition) is 4. The first-order valence-electron chi connectivity index (χ1n) is 14.0. The Labute approximate surface area is 216 Å². The molecule has 196 valence electrons. The van der Waals surface area contributed by atoms with Gasteiger partial charge in [0, 0.05) is 18.3 Å². The molecule has 5 heteroatoms. The number of H-pyrrole nitrogens is 1. The first kappa shape index (κ1) is 25.7. The molecule has 4 aliphatic rings. The van der Waals surface area contributed by atoms with E-state index in [1.54, 1.807) is 0 Å². The van der Waals surface area contributed by atoms with Crippen molar-refractivity contribution < 1.29 is 15.3 Å². The van der Waals surface area contributed by atoms with Crippen LogP contribution in [-0.4, -0.2) is 43.6 Å². The molecule has 0 unspecified atom stereocenters. The Morgan fingerprint density at radius 3 is 2.64 bits per heavy atom. The number of aromatic nitrogens is 2. The van der Waals surface area contributed by atoms with E-state index in [2.05, 4.69) is 48.6 Å². The summed E-state index contributed by atoms with van der Waals surface area (Å²) in [5, 5.41) is 31.4. The van der Waals surface area contributed by atoms with Crippen molar-refractivity contribution in [3.63, 3.8) is 0 Å². The van der Waals surface area contributed by atoms with Crippen LogP contribution < -0.4 is 0 Å². The second-order valence-corrected chi connectivity index (χ2v) is 12.4. The molecular weight excluding hydrogens is 448 g/mol. The number of nitrogens with zero attached hydrogens (tertiary/aromatic N) is 1. The summed E-state index contributed by atoms with van der Waals surface area (Å²) in [6, 6.07) is 0. The van der Waals surface area contributed by atoms with Crippen LogP contribution >= 0.6 is 0 Å². The van der Waals surface area contributed by atoms with Gasteiger partial charge in [0.2, 0.25) is 0 Å². The zero-order valence-electron chi connectivity index (χ0n) is 22.2. The van der Waals surface area contributed by atoms with Gasteiger partial charge in [0.15, 0.2) is 0 Å². The highest BCUT2D eigenvalue weighted by Crippen LogP contribution is 2.59. The van der Waals surface area contributed by atoms with Crippen molar-refractivity contribution in [2.75, 3.05) is 0 Å². The maximum Gasteiger partial charge on any atom is 0.115 e. The Morgan fingerprint density at radius 2 is 1.94 bits per heavy atom. The summed E-state index contributed by atoms with van der Waals surface area (Å²) in [5.74, 6) is 2.50. The van der Waals surface area contributed by atoms with Gasteiger partial charge in [-0.25, -0.2) is 4.98 Å². The minimum Gasteiger partial charge on any atom is -0.393 e. The summed E-state index contributed by atoms with van der Waals surface area (Å²) < 4.78 is 0. The van der Waals surface area contributed by atoms with Crippen LogP contribution in [0.3, 0.4) is 0 Å². The lowest BCUT2D eigenvalue weighted by Crippen LogP contribution is -2.35. The van der Waals surface area contributed by atoms with E-state index in [9.17, 15) is 15.3 Å². The molecule has 0 amide bonds. The van der Waals surface area contributed by atoms with Crippen LogP contribution in [0.15, 0.2) is 53.8 Å². The van der Waals surface area contributed by atoms with E-state index in [-0.39, 0.29) is 10.8 Å². The third-order valence-corrected chi connectivity index (χ3v) is 10.1. The summed E-state index contributed by atoms with van der Waals surface area (Å²) >= 11 is 0. The van der Waals surface area contributed by atoms with Gasteiger partial charge in [-0.1, -0.05) is 50.3 Å². The molecule has 1 heterocycles. The second kappa shape index (κ2) is 9.74. The van der Waals surface area contributed by atoms with E-state index in [1.807, 2.05) is 19.2 Å². The summed E-state index contributed by atoms with van der Waals surface area (Å²) in [6.45, 7) is 10.9. The Hall–Kier alpha value is -1.95. The van der Waals surface area contributed by atoms with Gasteiger partial charge >= 0.3 is 0 Å². The zero-order chi connectivity index (χ0) is 25.7. The number of aryl methyl sites for hydroxylation is 1. The normalized spacial score (nSPS) is 38.0. The molecule has 36 heavy (non-hydrogen) atoms. The molecule has 7 atom stereocenters. The standard InChI is InChI=1S/C31H44N2O3/c1-19(7-12-28(36)31(14-15-31)29-32-18-20(2)33-29)25-10-11-26-22(6-5-13-30(25,26)4)8-9-23-16-24(34)17-27(35)21(23)3/h7-9,12,18-19,24-28,34-36H,3,5-6,10-11,13-17H2,1-2,4H3,(H,32,33)/b12-7+,22-8+,23-9-/t19-,24-,25-,26+,27+,28-,30-/m1/s1. The fourth-order valence-corrected chi connectivity index (χ4v) is 7.68. The van der Waals surface area contributed by atoms with Gasteiger partial charge in [0.05, 0.1) is 23.7 Å². The molecule has 1 aromatic rings. The van der Waals surface area contributed by atoms with Gasteiger partial charge < -0.3 is 20.3 Å². The molecule has 0 radical (unpaired) electrons. The van der Waals surface area contributed by atoms with Gasteiger partial charge in [-0.2, -0.15) is 0 Å². The minimum atomic E-state index is -0.638. The van der Waals surface area contributed by atoms with Crippen LogP contribution in [0.1, 0.15) is 83.2 Å². The maximum absolute atomic E-state index is 11.1. The lowest BCUT2D eigenvalue weighted by Gasteiger charge is -2.44. The quantitative estimate of drug-likeness (QED) is 0.398. The van der Waals surface area contributed by atoms with Crippen molar-refractivity contribution in [3.8, 4) is 0 Å². The number of rotatable bonds is 6. The van der Waals surface area contributed by atoms with Crippen molar-refractivity contribution in [2.45, 2.75) is 102 Å². The third-order valence-electron chi connectivity index (χ3n) is 10.1. The molecule has 5 nitrogen and oxygen atoms in total. The smallest absolute Gasteiger partial charge is 0.115 e. The van der Waals surface area contributed by atoms with E-state index in [0.29, 0.717) is 30.6 Å². The lowest BCUT2D eigenvalue weighted by atomic mass is 9.61. The van der Waals surface area contributed by atoms with E-state index in [4.69, 9.17) is 0 Å². The van der Waals surface area contributed by atoms with Crippen LogP contribution in [0.25, 0.3) is 0 Å². The highest BCUT2D eigenvalue weighted by Gasteiger charge is 2.53. The monoisotopic (exact) mass is 492 g/mol. The van der Waals surface area contributed by atoms with Crippen molar-refractivity contribution in [2.24, 2.45) is 23.2 Å². The van der Waals surface area contributed by atoms with Crippen molar-refractivity contribution in [1.29, 1.82) is 0 Å². The van der Waals surface area contributed by atoms with Crippen LogP contribution in [0.4, 0.5) is 0 Å². The van der Waals surface area contributed by atoms with Crippen LogP contribution in [0.2, 0.25) is 0 Å². The van der Waals surface area contributed by atoms with Crippen LogP contribution in [-0.2, 0) is 5.41 Å². The predicted octanol–water partition coefficient (Wildman–Crippen LogP) is 5.44. The number of fused-ring (bicyclic) bond motifs is 1. The van der Waals surface area contributed by atoms with E-state index < -0.39 is 18.3 Å². The van der Waals surface area contributed by atoms with Crippen molar-refractivity contribution in [3.05, 3.63) is 65.3 Å². The fourth-order valence-electron chi connectivity index (χ4n) is 7.68. The highest BCUT2D eigenvalue weighted by atomic mass is 16.3. The predicted molar refractivity (Wildman–Crippen MR) is 143 cm³/mol. The molecule has 0 saturated heterocycles. The van der Waals surface area contributed by atoms with Crippen LogP contribution in [0, 0.1) is 30.1 Å². The molecular formula is C31H44N2O3. The molecule has 0 spiro atoms. The fraction of sp³-hybridized carbons (Fsp3) is 0.645. The molecule has 0 aromatic carbocycles. The summed E-state index contributed by atoms with van der Waals surface area (Å²) in [7, 11) is 0. The summed E-state index contributed by atoms with van der Waals surface area (Å²) in [4.78, 5) is 7.86. The van der Waals surface area contributed by atoms with Gasteiger partial charge in [-0.3, -0.25) is 0 Å². The Morgan fingerprint density at radius 1 is 1.17 bits per heavy atom. The maximum atomic E-state index is 11.1. The molecule has 5 rings (SSSR count). The van der Waals surface area contributed by atoms with E-state index >= 15 is 0 Å². The van der Waals surface area contributed by atoms with Gasteiger partial charge in [-0.05, 0) is 92.6 Å². The van der Waals surface area contributed by atoms with Gasteiger partial charge in [-0.15, -0.1) is 0 Å². The molecule has 0 bridgehead atoms. The molecule has 4 saturated carbocycles. The summed E-state index contributed by atoms with van der Waals surface area (Å²) in [5.41, 5.74) is 4.34. The largest absolute Gasteiger partial charge is 0.393 e. The third kappa shape index (κ3) is 4.59. The first-order chi connectivity index (χ1) is 17.1. The topological polar surface area (TPSA) is 89.4 Å². The van der Waals surface area contributed by atoms with Crippen molar-refractivity contribution in [1.82, 2.24) is 9.97 Å². The number of aliphatic hydroxyl groups excluding tert-OH is 3. The number of allylic oxidation sites excluding steroid dienone is 4. The first-order valence-corrected chi connectivity index (χ1v) is 14.0. The molecule has 1 aromatic heterocycles. The lowest BCUT2D eigenvalue weighted by molar-refractivity contribution is 0.0862. The number of aromatic amines is 1.